The lowest BCUT2D eigenvalue weighted by Gasteiger charge is -2.27. The number of quaternary nitrogens is 1. The van der Waals surface area contributed by atoms with Crippen LogP contribution < -0.4 is 31.5 Å². The number of hydrogen-bond donors (Lipinski definition) is 1. The zero-order valence-corrected chi connectivity index (χ0v) is 16.7. The van der Waals surface area contributed by atoms with Crippen LogP contribution >= 0.6 is 0 Å². The van der Waals surface area contributed by atoms with Crippen LogP contribution in [0.4, 0.5) is 0 Å². The van der Waals surface area contributed by atoms with Gasteiger partial charge in [-0.05, 0) is 12.1 Å². The van der Waals surface area contributed by atoms with Crippen molar-refractivity contribution in [3.63, 3.8) is 0 Å². The standard InChI is InChI=1S/C18H28N2O5.ClH/c1-19(2)6-5-9-25-17-15(22-3)12-14(13-16(17)23-4)18(21)20-7-10-24-11-8-20;/h12-13H,5-11H2,1-4H3;1H. The quantitative estimate of drug-likeness (QED) is 0.484. The summed E-state index contributed by atoms with van der Waals surface area (Å²) in [6, 6.07) is 3.43. The van der Waals surface area contributed by atoms with Gasteiger partial charge in [0.25, 0.3) is 5.91 Å². The van der Waals surface area contributed by atoms with Gasteiger partial charge in [-0.25, -0.2) is 0 Å². The fourth-order valence-electron chi connectivity index (χ4n) is 2.69. The molecule has 0 aromatic heterocycles. The van der Waals surface area contributed by atoms with E-state index in [1.54, 1.807) is 31.3 Å². The van der Waals surface area contributed by atoms with Crippen LogP contribution in [-0.2, 0) is 4.74 Å². The van der Waals surface area contributed by atoms with Gasteiger partial charge in [-0.1, -0.05) is 0 Å². The average Bonchev–Trinajstić information content (AvgIpc) is 2.64. The number of carbonyl (C=O) groups is 1. The molecule has 1 amide bonds. The molecule has 0 aliphatic carbocycles. The van der Waals surface area contributed by atoms with Crippen molar-refractivity contribution in [2.75, 3.05) is 67.8 Å². The van der Waals surface area contributed by atoms with Crippen LogP contribution in [0.2, 0.25) is 0 Å². The van der Waals surface area contributed by atoms with Crippen molar-refractivity contribution in [3.05, 3.63) is 17.7 Å². The van der Waals surface area contributed by atoms with Crippen molar-refractivity contribution in [1.82, 2.24) is 4.90 Å². The maximum absolute atomic E-state index is 12.7. The first kappa shape index (κ1) is 22.3. The highest BCUT2D eigenvalue weighted by molar-refractivity contribution is 5.95. The van der Waals surface area contributed by atoms with Crippen LogP contribution in [0.1, 0.15) is 16.8 Å². The molecule has 1 aromatic rings. The van der Waals surface area contributed by atoms with Crippen LogP contribution in [0, 0.1) is 0 Å². The summed E-state index contributed by atoms with van der Waals surface area (Å²) in [5, 5.41) is 0. The molecule has 1 aliphatic rings. The Labute approximate surface area is 161 Å². The normalized spacial score (nSPS) is 14.0. The van der Waals surface area contributed by atoms with Gasteiger partial charge < -0.3 is 41.2 Å². The molecule has 2 rings (SSSR count). The van der Waals surface area contributed by atoms with Crippen LogP contribution in [-0.4, -0.2) is 78.6 Å². The second kappa shape index (κ2) is 11.1. The third-order valence-electron chi connectivity index (χ3n) is 4.07. The second-order valence-corrected chi connectivity index (χ2v) is 6.27. The van der Waals surface area contributed by atoms with Crippen molar-refractivity contribution in [2.45, 2.75) is 6.42 Å². The van der Waals surface area contributed by atoms with E-state index in [0.717, 1.165) is 13.0 Å². The highest BCUT2D eigenvalue weighted by Crippen LogP contribution is 2.39. The number of nitrogens with one attached hydrogen (secondary N) is 1. The monoisotopic (exact) mass is 388 g/mol. The lowest BCUT2D eigenvalue weighted by molar-refractivity contribution is -0.858. The first-order chi connectivity index (χ1) is 12.1. The molecule has 1 fully saturated rings. The van der Waals surface area contributed by atoms with Crippen LogP contribution in [0.3, 0.4) is 0 Å². The molecule has 26 heavy (non-hydrogen) atoms. The van der Waals surface area contributed by atoms with Crippen LogP contribution in [0.25, 0.3) is 0 Å². The van der Waals surface area contributed by atoms with E-state index in [1.807, 2.05) is 0 Å². The minimum atomic E-state index is -0.0531. The summed E-state index contributed by atoms with van der Waals surface area (Å²) >= 11 is 0. The summed E-state index contributed by atoms with van der Waals surface area (Å²) in [6.45, 7) is 3.89. The van der Waals surface area contributed by atoms with Gasteiger partial charge in [-0.15, -0.1) is 0 Å². The molecule has 0 radical (unpaired) electrons. The largest absolute Gasteiger partial charge is 1.00 e. The lowest BCUT2D eigenvalue weighted by Crippen LogP contribution is -3.05. The predicted octanol–water partition coefficient (Wildman–Crippen LogP) is -2.91. The Morgan fingerprint density at radius 1 is 1.15 bits per heavy atom. The average molecular weight is 389 g/mol. The van der Waals surface area contributed by atoms with E-state index in [4.69, 9.17) is 18.9 Å². The predicted molar refractivity (Wildman–Crippen MR) is 94.1 cm³/mol. The summed E-state index contributed by atoms with van der Waals surface area (Å²) in [6.07, 6.45) is 0.920. The van der Waals surface area contributed by atoms with Crippen molar-refractivity contribution < 1.29 is 41.0 Å². The first-order valence-electron chi connectivity index (χ1n) is 8.61. The molecule has 148 valence electrons. The van der Waals surface area contributed by atoms with E-state index in [9.17, 15) is 4.79 Å². The molecular formula is C18H29ClN2O5. The molecule has 0 saturated carbocycles. The first-order valence-corrected chi connectivity index (χ1v) is 8.61. The number of ether oxygens (including phenoxy) is 4. The fraction of sp³-hybridized carbons (Fsp3) is 0.611. The number of nitrogens with zero attached hydrogens (tertiary/aromatic N) is 1. The Kier molecular flexibility index (Phi) is 9.54. The number of morpholine rings is 1. The van der Waals surface area contributed by atoms with E-state index >= 15 is 0 Å². The van der Waals surface area contributed by atoms with Gasteiger partial charge in [0, 0.05) is 25.1 Å². The number of benzene rings is 1. The summed E-state index contributed by atoms with van der Waals surface area (Å²) in [5.41, 5.74) is 0.528. The van der Waals surface area contributed by atoms with Gasteiger partial charge in [0.2, 0.25) is 5.75 Å². The van der Waals surface area contributed by atoms with E-state index in [-0.39, 0.29) is 18.3 Å². The van der Waals surface area contributed by atoms with E-state index in [2.05, 4.69) is 14.1 Å². The molecule has 1 aromatic carbocycles. The summed E-state index contributed by atoms with van der Waals surface area (Å²) in [5.74, 6) is 1.50. The molecule has 0 atom stereocenters. The smallest absolute Gasteiger partial charge is 0.254 e. The third kappa shape index (κ3) is 5.93. The lowest BCUT2D eigenvalue weighted by atomic mass is 10.1. The number of rotatable bonds is 8. The number of carbonyl (C=O) groups excluding carboxylic acids is 1. The van der Waals surface area contributed by atoms with Gasteiger partial charge in [-0.3, -0.25) is 4.79 Å². The van der Waals surface area contributed by atoms with Gasteiger partial charge in [0.1, 0.15) is 0 Å². The highest BCUT2D eigenvalue weighted by atomic mass is 35.5. The zero-order chi connectivity index (χ0) is 18.2. The van der Waals surface area contributed by atoms with Crippen molar-refractivity contribution >= 4 is 5.91 Å². The van der Waals surface area contributed by atoms with Crippen molar-refractivity contribution in [2.24, 2.45) is 0 Å². The highest BCUT2D eigenvalue weighted by Gasteiger charge is 2.23. The number of halogens is 1. The van der Waals surface area contributed by atoms with Crippen LogP contribution in [0.5, 0.6) is 17.2 Å². The van der Waals surface area contributed by atoms with E-state index in [1.165, 1.54) is 4.90 Å². The van der Waals surface area contributed by atoms with Gasteiger partial charge in [0.05, 0.1) is 54.7 Å². The third-order valence-corrected chi connectivity index (χ3v) is 4.07. The van der Waals surface area contributed by atoms with E-state index in [0.29, 0.717) is 55.7 Å². The Morgan fingerprint density at radius 3 is 2.23 bits per heavy atom. The van der Waals surface area contributed by atoms with E-state index < -0.39 is 0 Å². The number of hydrogen-bond acceptors (Lipinski definition) is 5. The Hall–Kier alpha value is -1.70. The molecular weight excluding hydrogens is 360 g/mol. The molecule has 0 spiro atoms. The van der Waals surface area contributed by atoms with Crippen molar-refractivity contribution in [1.29, 1.82) is 0 Å². The van der Waals surface area contributed by atoms with Crippen molar-refractivity contribution in [3.8, 4) is 17.2 Å². The van der Waals surface area contributed by atoms with Gasteiger partial charge >= 0.3 is 0 Å². The molecule has 0 bridgehead atoms. The number of amides is 1. The maximum Gasteiger partial charge on any atom is 0.254 e. The molecule has 0 unspecified atom stereocenters. The molecule has 1 N–H and O–H groups in total. The molecule has 1 saturated heterocycles. The molecule has 8 heteroatoms. The van der Waals surface area contributed by atoms with Gasteiger partial charge in [0.15, 0.2) is 11.5 Å². The molecule has 7 nitrogen and oxygen atoms in total. The minimum Gasteiger partial charge on any atom is -1.00 e. The Balaban J connectivity index is 0.00000338. The maximum atomic E-state index is 12.7. The summed E-state index contributed by atoms with van der Waals surface area (Å²) < 4.78 is 22.1. The topological polar surface area (TPSA) is 61.7 Å². The van der Waals surface area contributed by atoms with Crippen LogP contribution in [0.15, 0.2) is 12.1 Å². The molecule has 1 aliphatic heterocycles. The second-order valence-electron chi connectivity index (χ2n) is 6.27. The Bertz CT molecular complexity index is 552. The minimum absolute atomic E-state index is 0. The zero-order valence-electron chi connectivity index (χ0n) is 16.0. The summed E-state index contributed by atoms with van der Waals surface area (Å²) in [7, 11) is 7.34. The van der Waals surface area contributed by atoms with Gasteiger partial charge in [-0.2, -0.15) is 0 Å². The molecule has 1 heterocycles. The summed E-state index contributed by atoms with van der Waals surface area (Å²) in [4.78, 5) is 15.8. The fourth-order valence-corrected chi connectivity index (χ4v) is 2.69. The number of methoxy groups -OCH3 is 2. The SMILES string of the molecule is COc1cc(C(=O)N2CCOCC2)cc(OC)c1OCCC[NH+](C)C.[Cl-]. The Morgan fingerprint density at radius 2 is 1.73 bits per heavy atom.